The molecule has 2 aromatic rings. The Morgan fingerprint density at radius 3 is 3.07 bits per heavy atom. The number of methoxy groups -OCH3 is 1. The van der Waals surface area contributed by atoms with Gasteiger partial charge in [-0.05, 0) is 24.4 Å². The molecule has 15 heavy (non-hydrogen) atoms. The van der Waals surface area contributed by atoms with E-state index in [1.54, 1.807) is 7.11 Å². The number of benzene rings is 1. The number of para-hydroxylation sites is 1. The molecule has 1 heterocycles. The summed E-state index contributed by atoms with van der Waals surface area (Å²) in [7, 11) is 1.65. The van der Waals surface area contributed by atoms with E-state index in [0.717, 1.165) is 16.8 Å². The van der Waals surface area contributed by atoms with Crippen molar-refractivity contribution >= 4 is 23.3 Å². The van der Waals surface area contributed by atoms with E-state index >= 15 is 0 Å². The largest absolute Gasteiger partial charge is 0.494 e. The van der Waals surface area contributed by atoms with Crippen LogP contribution in [0.1, 0.15) is 0 Å². The molecule has 0 saturated carbocycles. The number of hydrogen-bond donors (Lipinski definition) is 1. The normalized spacial score (nSPS) is 10.5. The van der Waals surface area contributed by atoms with Gasteiger partial charge < -0.3 is 14.3 Å². The lowest BCUT2D eigenvalue weighted by atomic mass is 10.3. The van der Waals surface area contributed by atoms with Crippen LogP contribution in [0.5, 0.6) is 5.75 Å². The Balaban J connectivity index is 2.78. The van der Waals surface area contributed by atoms with Crippen LogP contribution < -0.4 is 4.74 Å². The van der Waals surface area contributed by atoms with Crippen LogP contribution in [-0.4, -0.2) is 16.7 Å². The van der Waals surface area contributed by atoms with Gasteiger partial charge in [0.25, 0.3) is 0 Å². The van der Waals surface area contributed by atoms with Crippen molar-refractivity contribution in [3.05, 3.63) is 35.6 Å². The number of fused-ring (bicyclic) bond motifs is 1. The summed E-state index contributed by atoms with van der Waals surface area (Å²) in [6.45, 7) is 4.41. The second-order valence-electron chi connectivity index (χ2n) is 3.18. The monoisotopic (exact) mass is 220 g/mol. The van der Waals surface area contributed by atoms with Gasteiger partial charge in [-0.3, -0.25) is 0 Å². The molecule has 1 aromatic heterocycles. The minimum absolute atomic E-state index is 0.689. The molecule has 0 bridgehead atoms. The van der Waals surface area contributed by atoms with Crippen molar-refractivity contribution in [1.82, 2.24) is 9.55 Å². The molecule has 2 rings (SSSR count). The molecule has 4 heteroatoms. The molecular formula is C11H12N2OS. The van der Waals surface area contributed by atoms with Gasteiger partial charge in [0, 0.05) is 6.54 Å². The van der Waals surface area contributed by atoms with Crippen LogP contribution in [0.15, 0.2) is 30.9 Å². The predicted molar refractivity (Wildman–Crippen MR) is 63.9 cm³/mol. The number of nitrogens with zero attached hydrogens (tertiary/aromatic N) is 1. The van der Waals surface area contributed by atoms with Crippen LogP contribution in [0.3, 0.4) is 0 Å². The van der Waals surface area contributed by atoms with Gasteiger partial charge in [0.2, 0.25) is 0 Å². The highest BCUT2D eigenvalue weighted by molar-refractivity contribution is 7.71. The molecule has 0 aliphatic rings. The van der Waals surface area contributed by atoms with Crippen LogP contribution in [0.25, 0.3) is 11.0 Å². The fraction of sp³-hybridized carbons (Fsp3) is 0.182. The van der Waals surface area contributed by atoms with E-state index in [2.05, 4.69) is 11.6 Å². The Hall–Kier alpha value is -1.55. The molecule has 0 amide bonds. The highest BCUT2D eigenvalue weighted by Crippen LogP contribution is 2.24. The molecule has 0 radical (unpaired) electrons. The highest BCUT2D eigenvalue weighted by Gasteiger charge is 2.06. The summed E-state index contributed by atoms with van der Waals surface area (Å²) in [5, 5.41) is 0. The van der Waals surface area contributed by atoms with Gasteiger partial charge in [-0.1, -0.05) is 12.1 Å². The second kappa shape index (κ2) is 3.90. The number of imidazole rings is 1. The van der Waals surface area contributed by atoms with Gasteiger partial charge in [-0.2, -0.15) is 0 Å². The first-order chi connectivity index (χ1) is 7.27. The average Bonchev–Trinajstić information content (AvgIpc) is 2.56. The van der Waals surface area contributed by atoms with E-state index in [1.165, 1.54) is 0 Å². The molecule has 3 nitrogen and oxygen atoms in total. The molecule has 0 saturated heterocycles. The Bertz CT molecular complexity index is 553. The van der Waals surface area contributed by atoms with E-state index in [0.29, 0.717) is 11.3 Å². The lowest BCUT2D eigenvalue weighted by molar-refractivity contribution is 0.419. The summed E-state index contributed by atoms with van der Waals surface area (Å²) in [5.41, 5.74) is 1.98. The summed E-state index contributed by atoms with van der Waals surface area (Å²) in [6.07, 6.45) is 1.82. The third kappa shape index (κ3) is 1.57. The molecule has 0 spiro atoms. The maximum atomic E-state index is 5.26. The first-order valence-corrected chi connectivity index (χ1v) is 5.05. The maximum absolute atomic E-state index is 5.26. The number of H-pyrrole nitrogens is 1. The molecule has 0 aliphatic carbocycles. The summed E-state index contributed by atoms with van der Waals surface area (Å²) in [5.74, 6) is 0.807. The van der Waals surface area contributed by atoms with Crippen LogP contribution in [0.2, 0.25) is 0 Å². The number of aromatic amines is 1. The average molecular weight is 220 g/mol. The van der Waals surface area contributed by atoms with Crippen LogP contribution >= 0.6 is 12.2 Å². The van der Waals surface area contributed by atoms with Crippen molar-refractivity contribution in [2.75, 3.05) is 7.11 Å². The smallest absolute Gasteiger partial charge is 0.178 e. The molecule has 0 aliphatic heterocycles. The fourth-order valence-electron chi connectivity index (χ4n) is 1.63. The quantitative estimate of drug-likeness (QED) is 0.636. The van der Waals surface area contributed by atoms with E-state index in [1.807, 2.05) is 28.8 Å². The van der Waals surface area contributed by atoms with Gasteiger partial charge >= 0.3 is 0 Å². The number of ether oxygens (including phenoxy) is 1. The zero-order valence-corrected chi connectivity index (χ0v) is 9.30. The van der Waals surface area contributed by atoms with Crippen molar-refractivity contribution in [2.45, 2.75) is 6.54 Å². The lowest BCUT2D eigenvalue weighted by Gasteiger charge is -2.02. The zero-order valence-electron chi connectivity index (χ0n) is 8.49. The van der Waals surface area contributed by atoms with E-state index in [4.69, 9.17) is 17.0 Å². The van der Waals surface area contributed by atoms with Crippen molar-refractivity contribution in [3.8, 4) is 5.75 Å². The summed E-state index contributed by atoms with van der Waals surface area (Å²) < 4.78 is 7.93. The van der Waals surface area contributed by atoms with Crippen LogP contribution in [0.4, 0.5) is 0 Å². The molecule has 1 aromatic carbocycles. The molecular weight excluding hydrogens is 208 g/mol. The molecule has 0 fully saturated rings. The third-order valence-electron chi connectivity index (χ3n) is 2.30. The van der Waals surface area contributed by atoms with Crippen LogP contribution in [-0.2, 0) is 6.54 Å². The van der Waals surface area contributed by atoms with Gasteiger partial charge in [0.05, 0.1) is 12.6 Å². The number of hydrogen-bond acceptors (Lipinski definition) is 2. The van der Waals surface area contributed by atoms with E-state index in [-0.39, 0.29) is 0 Å². The van der Waals surface area contributed by atoms with E-state index < -0.39 is 0 Å². The molecule has 0 unspecified atom stereocenters. The van der Waals surface area contributed by atoms with Gasteiger partial charge in [0.1, 0.15) is 11.3 Å². The Kier molecular flexibility index (Phi) is 2.60. The first kappa shape index (κ1) is 9.98. The molecule has 0 atom stereocenters. The first-order valence-electron chi connectivity index (χ1n) is 4.64. The highest BCUT2D eigenvalue weighted by atomic mass is 32.1. The topological polar surface area (TPSA) is 29.9 Å². The van der Waals surface area contributed by atoms with Gasteiger partial charge in [0.15, 0.2) is 4.77 Å². The van der Waals surface area contributed by atoms with Crippen LogP contribution in [0, 0.1) is 4.77 Å². The van der Waals surface area contributed by atoms with Gasteiger partial charge in [-0.15, -0.1) is 6.58 Å². The number of allylic oxidation sites excluding steroid dienone is 1. The Morgan fingerprint density at radius 2 is 2.40 bits per heavy atom. The molecule has 78 valence electrons. The number of aromatic nitrogens is 2. The zero-order chi connectivity index (χ0) is 10.8. The predicted octanol–water partition coefficient (Wildman–Crippen LogP) is 2.89. The lowest BCUT2D eigenvalue weighted by Crippen LogP contribution is -1.94. The number of nitrogens with one attached hydrogen (secondary N) is 1. The Morgan fingerprint density at radius 1 is 1.60 bits per heavy atom. The molecule has 1 N–H and O–H groups in total. The summed E-state index contributed by atoms with van der Waals surface area (Å²) >= 11 is 5.23. The summed E-state index contributed by atoms with van der Waals surface area (Å²) in [4.78, 5) is 3.14. The minimum atomic E-state index is 0.689. The number of rotatable bonds is 3. The second-order valence-corrected chi connectivity index (χ2v) is 3.57. The fourth-order valence-corrected chi connectivity index (χ4v) is 1.91. The summed E-state index contributed by atoms with van der Waals surface area (Å²) in [6, 6.07) is 5.86. The SMILES string of the molecule is C=CCn1c(=S)[nH]c2c(OC)cccc21. The van der Waals surface area contributed by atoms with Crippen molar-refractivity contribution in [3.63, 3.8) is 0 Å². The minimum Gasteiger partial charge on any atom is -0.494 e. The van der Waals surface area contributed by atoms with Crippen molar-refractivity contribution in [2.24, 2.45) is 0 Å². The Labute approximate surface area is 93.0 Å². The van der Waals surface area contributed by atoms with Crippen molar-refractivity contribution in [1.29, 1.82) is 0 Å². The maximum Gasteiger partial charge on any atom is 0.178 e. The van der Waals surface area contributed by atoms with Gasteiger partial charge in [-0.25, -0.2) is 0 Å². The van der Waals surface area contributed by atoms with Crippen molar-refractivity contribution < 1.29 is 4.74 Å². The standard InChI is InChI=1S/C11H12N2OS/c1-3-7-13-8-5-4-6-9(14-2)10(8)12-11(13)15/h3-6H,1,7H2,2H3,(H,12,15). The third-order valence-corrected chi connectivity index (χ3v) is 2.63. The van der Waals surface area contributed by atoms with E-state index in [9.17, 15) is 0 Å².